The number of nitrogens with one attached hydrogen (secondary N) is 1. The fraction of sp³-hybridized carbons (Fsp3) is 0.333. The van der Waals surface area contributed by atoms with Crippen LogP contribution in [-0.4, -0.2) is 64.4 Å². The van der Waals surface area contributed by atoms with Crippen molar-refractivity contribution in [3.05, 3.63) is 105 Å². The summed E-state index contributed by atoms with van der Waals surface area (Å²) < 4.78 is 25.6. The van der Waals surface area contributed by atoms with E-state index in [0.717, 1.165) is 16.7 Å². The summed E-state index contributed by atoms with van der Waals surface area (Å²) in [5.41, 5.74) is 1.74. The van der Waals surface area contributed by atoms with Crippen molar-refractivity contribution in [2.24, 2.45) is 0 Å². The number of nitrogens with zero attached hydrogens (tertiary/aromatic N) is 3. The second kappa shape index (κ2) is 15.1. The van der Waals surface area contributed by atoms with Gasteiger partial charge in [-0.2, -0.15) is 0 Å². The average molecular weight is 605 g/mol. The first-order valence-electron chi connectivity index (χ1n) is 14.4. The second-order valence-corrected chi connectivity index (χ2v) is 10.7. The fourth-order valence-corrected chi connectivity index (χ4v) is 4.64. The second-order valence-electron chi connectivity index (χ2n) is 10.7. The zero-order chi connectivity index (χ0) is 31.6. The Hall–Kier alpha value is -4.77. The lowest BCUT2D eigenvalue weighted by Crippen LogP contribution is -2.36. The summed E-state index contributed by atoms with van der Waals surface area (Å²) in [7, 11) is 1.60. The van der Waals surface area contributed by atoms with Crippen LogP contribution in [0.4, 0.5) is 9.18 Å². The Morgan fingerprint density at radius 2 is 1.80 bits per heavy atom. The van der Waals surface area contributed by atoms with Crippen LogP contribution in [0.5, 0.6) is 5.75 Å². The summed E-state index contributed by atoms with van der Waals surface area (Å²) in [5, 5.41) is 13.7. The van der Waals surface area contributed by atoms with Crippen LogP contribution >= 0.6 is 0 Å². The predicted molar refractivity (Wildman–Crippen MR) is 164 cm³/mol. The highest BCUT2D eigenvalue weighted by atomic mass is 19.1. The number of hydrogen-bond acceptors (Lipinski definition) is 7. The molecule has 11 heteroatoms. The number of ether oxygens (including phenoxy) is 2. The summed E-state index contributed by atoms with van der Waals surface area (Å²) in [6.07, 6.45) is 1.77. The number of fused-ring (bicyclic) bond motifs is 1. The van der Waals surface area contributed by atoms with E-state index in [9.17, 15) is 23.9 Å². The maximum Gasteiger partial charge on any atom is 0.409 e. The lowest BCUT2D eigenvalue weighted by atomic mass is 10.1. The molecule has 0 saturated heterocycles. The van der Waals surface area contributed by atoms with Gasteiger partial charge in [0.25, 0.3) is 11.5 Å². The quantitative estimate of drug-likeness (QED) is 0.213. The molecule has 2 amide bonds. The molecule has 232 valence electrons. The molecule has 0 aliphatic heterocycles. The van der Waals surface area contributed by atoms with Gasteiger partial charge in [0, 0.05) is 32.9 Å². The Labute approximate surface area is 255 Å². The summed E-state index contributed by atoms with van der Waals surface area (Å²) in [6.45, 7) is 4.65. The Morgan fingerprint density at radius 1 is 1.07 bits per heavy atom. The lowest BCUT2D eigenvalue weighted by molar-refractivity contribution is 0.0745. The van der Waals surface area contributed by atoms with E-state index >= 15 is 0 Å². The number of aromatic nitrogens is 2. The molecule has 0 atom stereocenters. The number of amides is 2. The number of hydrogen-bond donors (Lipinski definition) is 2. The molecule has 0 saturated carbocycles. The number of pyridine rings is 2. The third-order valence-electron chi connectivity index (χ3n) is 6.91. The molecule has 0 radical (unpaired) electrons. The molecule has 4 rings (SSSR count). The fourth-order valence-electron chi connectivity index (χ4n) is 4.64. The number of carbonyl (C=O) groups is 2. The number of carbonyl (C=O) groups excluding carboxylic acids is 2. The molecule has 10 nitrogen and oxygen atoms in total. The van der Waals surface area contributed by atoms with E-state index in [2.05, 4.69) is 10.3 Å². The smallest absolute Gasteiger partial charge is 0.409 e. The molecule has 2 aromatic carbocycles. The molecule has 44 heavy (non-hydrogen) atoms. The lowest BCUT2D eigenvalue weighted by Gasteiger charge is -2.19. The first kappa shape index (κ1) is 32.2. The Morgan fingerprint density at radius 3 is 2.50 bits per heavy atom. The van der Waals surface area contributed by atoms with Gasteiger partial charge in [-0.3, -0.25) is 14.6 Å². The topological polar surface area (TPSA) is 123 Å². The van der Waals surface area contributed by atoms with Gasteiger partial charge in [0.15, 0.2) is 5.75 Å². The molecule has 0 fully saturated rings. The Bertz CT molecular complexity index is 1640. The largest absolute Gasteiger partial charge is 0.505 e. The van der Waals surface area contributed by atoms with Crippen LogP contribution in [0, 0.1) is 5.82 Å². The molecule has 2 N–H and O–H groups in total. The minimum atomic E-state index is -0.741. The van der Waals surface area contributed by atoms with Crippen LogP contribution in [0.2, 0.25) is 0 Å². The van der Waals surface area contributed by atoms with Crippen molar-refractivity contribution in [2.75, 3.05) is 26.7 Å². The van der Waals surface area contributed by atoms with Crippen molar-refractivity contribution in [1.29, 1.82) is 0 Å². The monoisotopic (exact) mass is 604 g/mol. The number of aryl methyl sites for hydroxylation is 1. The van der Waals surface area contributed by atoms with Crippen LogP contribution in [0.15, 0.2) is 71.7 Å². The zero-order valence-electron chi connectivity index (χ0n) is 25.1. The molecular formula is C33H37FN4O6. The molecule has 0 aliphatic carbocycles. The summed E-state index contributed by atoms with van der Waals surface area (Å²) in [4.78, 5) is 45.1. The van der Waals surface area contributed by atoms with E-state index in [4.69, 9.17) is 9.47 Å². The van der Waals surface area contributed by atoms with Gasteiger partial charge in [0.1, 0.15) is 23.5 Å². The van der Waals surface area contributed by atoms with Crippen molar-refractivity contribution in [3.8, 4) is 5.75 Å². The first-order valence-corrected chi connectivity index (χ1v) is 14.4. The molecule has 2 heterocycles. The highest BCUT2D eigenvalue weighted by Gasteiger charge is 2.23. The highest BCUT2D eigenvalue weighted by Crippen LogP contribution is 2.26. The summed E-state index contributed by atoms with van der Waals surface area (Å²) >= 11 is 0. The maximum atomic E-state index is 13.7. The van der Waals surface area contributed by atoms with Crippen LogP contribution in [0.25, 0.3) is 11.0 Å². The van der Waals surface area contributed by atoms with E-state index in [1.807, 2.05) is 44.2 Å². The average Bonchev–Trinajstić information content (AvgIpc) is 3.01. The van der Waals surface area contributed by atoms with Crippen LogP contribution in [0.1, 0.15) is 47.3 Å². The number of aromatic hydroxyl groups is 1. The van der Waals surface area contributed by atoms with Gasteiger partial charge in [-0.05, 0) is 61.6 Å². The molecule has 4 aromatic rings. The maximum absolute atomic E-state index is 13.7. The van der Waals surface area contributed by atoms with Crippen molar-refractivity contribution < 1.29 is 28.6 Å². The van der Waals surface area contributed by atoms with Crippen molar-refractivity contribution in [1.82, 2.24) is 19.8 Å². The Kier molecular flexibility index (Phi) is 11.0. The standard InChI is InChI=1S/C33H37FN4O6/c1-22(2)43-17-14-35-31(40)28-30(39)29-27(19-25(20-36-29)18-23-10-12-26(34)13-11-23)38(32(28)41)16-7-15-37(3)33(42)44-21-24-8-5-4-6-9-24/h4-6,8-13,19-20,22,39H,7,14-18,21H2,1-3H3,(H,35,40). The van der Waals surface area contributed by atoms with Gasteiger partial charge in [0.2, 0.25) is 0 Å². The molecular weight excluding hydrogens is 567 g/mol. The summed E-state index contributed by atoms with van der Waals surface area (Å²) in [6, 6.07) is 17.1. The molecule has 2 aromatic heterocycles. The van der Waals surface area contributed by atoms with Crippen LogP contribution in [0.3, 0.4) is 0 Å². The van der Waals surface area contributed by atoms with Crippen molar-refractivity contribution in [3.63, 3.8) is 0 Å². The van der Waals surface area contributed by atoms with Crippen LogP contribution < -0.4 is 10.9 Å². The number of halogens is 1. The van der Waals surface area contributed by atoms with Gasteiger partial charge < -0.3 is 29.4 Å². The van der Waals surface area contributed by atoms with E-state index < -0.39 is 28.9 Å². The highest BCUT2D eigenvalue weighted by molar-refractivity contribution is 6.01. The first-order chi connectivity index (χ1) is 21.1. The van der Waals surface area contributed by atoms with E-state index in [1.54, 1.807) is 31.4 Å². The van der Waals surface area contributed by atoms with Crippen molar-refractivity contribution in [2.45, 2.75) is 45.9 Å². The molecule has 0 aliphatic rings. The van der Waals surface area contributed by atoms with E-state index in [-0.39, 0.29) is 50.3 Å². The van der Waals surface area contributed by atoms with Gasteiger partial charge >= 0.3 is 6.09 Å². The minimum Gasteiger partial charge on any atom is -0.505 e. The number of rotatable bonds is 13. The SMILES string of the molecule is CC(C)OCCNC(=O)c1c(O)c2ncc(Cc3ccc(F)cc3)cc2n(CCCN(C)C(=O)OCc2ccccc2)c1=O. The van der Waals surface area contributed by atoms with Gasteiger partial charge in [0.05, 0.1) is 18.2 Å². The van der Waals surface area contributed by atoms with Gasteiger partial charge in [-0.25, -0.2) is 9.18 Å². The van der Waals surface area contributed by atoms with E-state index in [0.29, 0.717) is 18.4 Å². The van der Waals surface area contributed by atoms with E-state index in [1.165, 1.54) is 21.6 Å². The van der Waals surface area contributed by atoms with Crippen LogP contribution in [-0.2, 0) is 29.0 Å². The summed E-state index contributed by atoms with van der Waals surface area (Å²) in [5.74, 6) is -1.60. The van der Waals surface area contributed by atoms with Gasteiger partial charge in [-0.15, -0.1) is 0 Å². The Balaban J connectivity index is 1.57. The normalized spacial score (nSPS) is 11.1. The van der Waals surface area contributed by atoms with Gasteiger partial charge in [-0.1, -0.05) is 42.5 Å². The molecule has 0 bridgehead atoms. The third kappa shape index (κ3) is 8.41. The minimum absolute atomic E-state index is 0.0275. The molecule has 0 spiro atoms. The molecule has 0 unspecified atom stereocenters. The predicted octanol–water partition coefficient (Wildman–Crippen LogP) is 4.65. The van der Waals surface area contributed by atoms with Crippen molar-refractivity contribution >= 4 is 23.0 Å². The zero-order valence-corrected chi connectivity index (χ0v) is 25.1. The third-order valence-corrected chi connectivity index (χ3v) is 6.91. The number of benzene rings is 2.